The number of para-hydroxylation sites is 1. The van der Waals surface area contributed by atoms with Crippen molar-refractivity contribution in [2.75, 3.05) is 37.6 Å². The number of rotatable bonds is 3. The van der Waals surface area contributed by atoms with E-state index in [0.29, 0.717) is 49.3 Å². The van der Waals surface area contributed by atoms with Gasteiger partial charge in [0.2, 0.25) is 0 Å². The Balaban J connectivity index is 1.98. The maximum absolute atomic E-state index is 13.1. The molecule has 1 aromatic heterocycles. The van der Waals surface area contributed by atoms with Crippen LogP contribution in [0.1, 0.15) is 5.69 Å². The summed E-state index contributed by atoms with van der Waals surface area (Å²) < 4.78 is 39.3. The predicted molar refractivity (Wildman–Crippen MR) is 81.5 cm³/mol. The molecule has 1 fully saturated rings. The Morgan fingerprint density at radius 1 is 1.13 bits per heavy atom. The molecule has 2 heterocycles. The van der Waals surface area contributed by atoms with E-state index in [9.17, 15) is 18.0 Å². The van der Waals surface area contributed by atoms with E-state index in [1.54, 1.807) is 24.3 Å². The average molecular weight is 323 g/mol. The molecule has 0 aliphatic carbocycles. The number of nitrogens with zero attached hydrogens (tertiary/aromatic N) is 3. The minimum Gasteiger partial charge on any atom is -0.368 e. The zero-order valence-electron chi connectivity index (χ0n) is 12.4. The van der Waals surface area contributed by atoms with Crippen molar-refractivity contribution in [3.63, 3.8) is 0 Å². The molecule has 122 valence electrons. The molecular formula is C16H16F3N3O. The molecule has 0 saturated carbocycles. The number of hydrogen-bond donors (Lipinski definition) is 0. The molecule has 0 spiro atoms. The van der Waals surface area contributed by atoms with Gasteiger partial charge in [-0.25, -0.2) is 4.98 Å². The Hall–Kier alpha value is -2.15. The molecule has 1 aliphatic rings. The van der Waals surface area contributed by atoms with E-state index >= 15 is 0 Å². The van der Waals surface area contributed by atoms with Crippen LogP contribution in [0.5, 0.6) is 0 Å². The first-order valence-corrected chi connectivity index (χ1v) is 7.37. The van der Waals surface area contributed by atoms with E-state index in [1.165, 1.54) is 0 Å². The fourth-order valence-corrected chi connectivity index (χ4v) is 2.84. The van der Waals surface area contributed by atoms with Gasteiger partial charge in [0, 0.05) is 37.3 Å². The molecule has 0 bridgehead atoms. The molecule has 3 rings (SSSR count). The summed E-state index contributed by atoms with van der Waals surface area (Å²) in [7, 11) is 0. The Bertz CT molecular complexity index is 709. The van der Waals surface area contributed by atoms with Crippen molar-refractivity contribution >= 4 is 22.9 Å². The number of carbonyl (C=O) groups excluding carboxylic acids is 1. The third kappa shape index (κ3) is 3.29. The number of piperazine rings is 1. The van der Waals surface area contributed by atoms with Crippen LogP contribution < -0.4 is 4.90 Å². The molecule has 4 nitrogen and oxygen atoms in total. The fraction of sp³-hybridized carbons (Fsp3) is 0.375. The van der Waals surface area contributed by atoms with Gasteiger partial charge >= 0.3 is 6.18 Å². The molecule has 0 amide bonds. The number of halogens is 3. The molecule has 1 saturated heterocycles. The van der Waals surface area contributed by atoms with Crippen LogP contribution in [0.3, 0.4) is 0 Å². The first-order chi connectivity index (χ1) is 11.0. The number of alkyl halides is 3. The van der Waals surface area contributed by atoms with Crippen LogP contribution in [-0.2, 0) is 11.0 Å². The average Bonchev–Trinajstić information content (AvgIpc) is 2.54. The van der Waals surface area contributed by atoms with Gasteiger partial charge in [0.25, 0.3) is 0 Å². The summed E-state index contributed by atoms with van der Waals surface area (Å²) in [5.41, 5.74) is 0.0165. The zero-order valence-corrected chi connectivity index (χ0v) is 12.4. The first kappa shape index (κ1) is 15.7. The number of aldehydes is 1. The number of aromatic nitrogens is 1. The van der Waals surface area contributed by atoms with Crippen molar-refractivity contribution in [2.24, 2.45) is 0 Å². The SMILES string of the molecule is O=CCN1CCN(c2cc(C(F)(F)F)nc3ccccc23)CC1. The van der Waals surface area contributed by atoms with E-state index < -0.39 is 11.9 Å². The van der Waals surface area contributed by atoms with Gasteiger partial charge < -0.3 is 9.69 Å². The molecule has 2 aromatic rings. The standard InChI is InChI=1S/C16H16F3N3O/c17-16(18,19)15-11-14(12-3-1-2-4-13(12)20-15)22-7-5-21(6-8-22)9-10-23/h1-4,10-11H,5-9H2. The molecule has 23 heavy (non-hydrogen) atoms. The lowest BCUT2D eigenvalue weighted by molar-refractivity contribution is -0.140. The van der Waals surface area contributed by atoms with E-state index in [-0.39, 0.29) is 0 Å². The second kappa shape index (κ2) is 6.16. The minimum atomic E-state index is -4.47. The van der Waals surface area contributed by atoms with Crippen LogP contribution in [0.15, 0.2) is 30.3 Å². The van der Waals surface area contributed by atoms with Crippen molar-refractivity contribution in [3.05, 3.63) is 36.0 Å². The lowest BCUT2D eigenvalue weighted by Crippen LogP contribution is -2.47. The van der Waals surface area contributed by atoms with Crippen molar-refractivity contribution < 1.29 is 18.0 Å². The number of carbonyl (C=O) groups is 1. The fourth-order valence-electron chi connectivity index (χ4n) is 2.84. The molecule has 7 heteroatoms. The number of pyridine rings is 1. The van der Waals surface area contributed by atoms with Gasteiger partial charge in [0.1, 0.15) is 12.0 Å². The summed E-state index contributed by atoms with van der Waals surface area (Å²) in [4.78, 5) is 18.2. The number of fused-ring (bicyclic) bond motifs is 1. The third-order valence-corrected chi connectivity index (χ3v) is 4.03. The van der Waals surface area contributed by atoms with Crippen molar-refractivity contribution in [2.45, 2.75) is 6.18 Å². The Kier molecular flexibility index (Phi) is 4.21. The molecule has 0 radical (unpaired) electrons. The number of anilines is 1. The minimum absolute atomic E-state index is 0.340. The lowest BCUT2D eigenvalue weighted by Gasteiger charge is -2.35. The van der Waals surface area contributed by atoms with E-state index in [4.69, 9.17) is 0 Å². The van der Waals surface area contributed by atoms with Crippen LogP contribution in [0.25, 0.3) is 10.9 Å². The zero-order chi connectivity index (χ0) is 16.4. The summed E-state index contributed by atoms with van der Waals surface area (Å²) >= 11 is 0. The monoisotopic (exact) mass is 323 g/mol. The highest BCUT2D eigenvalue weighted by Gasteiger charge is 2.34. The number of benzene rings is 1. The highest BCUT2D eigenvalue weighted by molar-refractivity contribution is 5.92. The van der Waals surface area contributed by atoms with Crippen LogP contribution in [0, 0.1) is 0 Å². The van der Waals surface area contributed by atoms with Gasteiger partial charge in [-0.15, -0.1) is 0 Å². The maximum Gasteiger partial charge on any atom is 0.433 e. The molecule has 1 aromatic carbocycles. The lowest BCUT2D eigenvalue weighted by atomic mass is 10.1. The Morgan fingerprint density at radius 3 is 2.48 bits per heavy atom. The quantitative estimate of drug-likeness (QED) is 0.814. The highest BCUT2D eigenvalue weighted by Crippen LogP contribution is 2.34. The van der Waals surface area contributed by atoms with Crippen molar-refractivity contribution in [3.8, 4) is 0 Å². The van der Waals surface area contributed by atoms with Gasteiger partial charge in [0.15, 0.2) is 0 Å². The molecule has 1 aliphatic heterocycles. The smallest absolute Gasteiger partial charge is 0.368 e. The van der Waals surface area contributed by atoms with Gasteiger partial charge in [-0.3, -0.25) is 4.90 Å². The second-order valence-electron chi connectivity index (χ2n) is 5.50. The number of hydrogen-bond acceptors (Lipinski definition) is 4. The molecule has 0 N–H and O–H groups in total. The van der Waals surface area contributed by atoms with Gasteiger partial charge in [-0.1, -0.05) is 18.2 Å². The van der Waals surface area contributed by atoms with Crippen LogP contribution in [0.4, 0.5) is 18.9 Å². The highest BCUT2D eigenvalue weighted by atomic mass is 19.4. The summed E-state index contributed by atoms with van der Waals surface area (Å²) in [5, 5.41) is 0.712. The summed E-state index contributed by atoms with van der Waals surface area (Å²) in [6.07, 6.45) is -3.63. The summed E-state index contributed by atoms with van der Waals surface area (Å²) in [6.45, 7) is 2.82. The molecular weight excluding hydrogens is 307 g/mol. The first-order valence-electron chi connectivity index (χ1n) is 7.37. The van der Waals surface area contributed by atoms with Crippen LogP contribution >= 0.6 is 0 Å². The van der Waals surface area contributed by atoms with Crippen molar-refractivity contribution in [1.82, 2.24) is 9.88 Å². The summed E-state index contributed by atoms with van der Waals surface area (Å²) in [5.74, 6) is 0. The molecule has 0 atom stereocenters. The van der Waals surface area contributed by atoms with Gasteiger partial charge in [-0.05, 0) is 12.1 Å². The van der Waals surface area contributed by atoms with Crippen LogP contribution in [-0.4, -0.2) is 48.9 Å². The normalized spacial score (nSPS) is 16.7. The summed E-state index contributed by atoms with van der Waals surface area (Å²) in [6, 6.07) is 7.98. The molecule has 0 unspecified atom stereocenters. The Labute approximate surface area is 131 Å². The van der Waals surface area contributed by atoms with Crippen LogP contribution in [0.2, 0.25) is 0 Å². The topological polar surface area (TPSA) is 36.4 Å². The largest absolute Gasteiger partial charge is 0.433 e. The Morgan fingerprint density at radius 2 is 1.83 bits per heavy atom. The van der Waals surface area contributed by atoms with E-state index in [1.807, 2.05) is 9.80 Å². The van der Waals surface area contributed by atoms with E-state index in [0.717, 1.165) is 12.4 Å². The van der Waals surface area contributed by atoms with Gasteiger partial charge in [-0.2, -0.15) is 13.2 Å². The van der Waals surface area contributed by atoms with E-state index in [2.05, 4.69) is 4.98 Å². The second-order valence-corrected chi connectivity index (χ2v) is 5.50. The van der Waals surface area contributed by atoms with Crippen molar-refractivity contribution in [1.29, 1.82) is 0 Å². The third-order valence-electron chi connectivity index (χ3n) is 4.03. The predicted octanol–water partition coefficient (Wildman–Crippen LogP) is 2.57. The maximum atomic E-state index is 13.1. The van der Waals surface area contributed by atoms with Gasteiger partial charge in [0.05, 0.1) is 12.1 Å².